The van der Waals surface area contributed by atoms with Crippen LogP contribution in [-0.2, 0) is 38.7 Å². The van der Waals surface area contributed by atoms with Crippen molar-refractivity contribution in [3.8, 4) is 0 Å². The first kappa shape index (κ1) is 56.4. The van der Waals surface area contributed by atoms with Gasteiger partial charge in [-0.1, -0.05) is 180 Å². The summed E-state index contributed by atoms with van der Waals surface area (Å²) in [6.45, 7) is 3.78. The zero-order valence-electron chi connectivity index (χ0n) is 37.8. The number of esters is 2. The minimum Gasteiger partial charge on any atom is -0.462 e. The third-order valence-corrected chi connectivity index (χ3v) is 12.1. The summed E-state index contributed by atoms with van der Waals surface area (Å²) >= 11 is 0. The lowest BCUT2D eigenvalue weighted by Crippen LogP contribution is -2.60. The van der Waals surface area contributed by atoms with E-state index in [0.29, 0.717) is 12.8 Å². The molecule has 60 heavy (non-hydrogen) atoms. The Morgan fingerprint density at radius 2 is 0.950 bits per heavy atom. The molecule has 1 aliphatic rings. The topological polar surface area (TPSA) is 186 Å². The van der Waals surface area contributed by atoms with E-state index in [-0.39, 0.29) is 19.4 Å². The van der Waals surface area contributed by atoms with Gasteiger partial charge in [-0.05, 0) is 38.5 Å². The summed E-state index contributed by atoms with van der Waals surface area (Å²) in [6, 6.07) is 0. The summed E-state index contributed by atoms with van der Waals surface area (Å²) < 4.78 is 54.1. The lowest BCUT2D eigenvalue weighted by atomic mass is 10.00. The fourth-order valence-electron chi connectivity index (χ4n) is 7.56. The molecule has 2 unspecified atom stereocenters. The van der Waals surface area contributed by atoms with E-state index in [0.717, 1.165) is 38.5 Å². The highest BCUT2D eigenvalue weighted by molar-refractivity contribution is 7.85. The third-order valence-electron chi connectivity index (χ3n) is 11.3. The van der Waals surface area contributed by atoms with Crippen LogP contribution in [0.25, 0.3) is 0 Å². The van der Waals surface area contributed by atoms with Gasteiger partial charge in [-0.25, -0.2) is 0 Å². The van der Waals surface area contributed by atoms with E-state index in [4.69, 9.17) is 18.9 Å². The standard InChI is InChI=1S/C47H88O12S/c1-3-5-7-9-11-13-15-17-18-19-20-21-22-24-26-28-30-32-34-36-43(49)58-40(38-57-47-46(52)45(51)44(50)41(59-47)39-60(53,54)55)37-56-42(48)35-33-31-29-27-25-23-16-14-12-10-8-6-4-2/h17-18,40-41,44-47,50-52H,3-16,19-39H2,1-2H3,(H,53,54,55)/b18-17+/t40-,41-,44-,45?,46?,47+/m1/s1. The van der Waals surface area contributed by atoms with Gasteiger partial charge >= 0.3 is 11.9 Å². The number of aliphatic hydroxyl groups is 3. The molecular formula is C47H88O12S. The van der Waals surface area contributed by atoms with Crippen molar-refractivity contribution >= 4 is 22.1 Å². The Bertz CT molecular complexity index is 1170. The van der Waals surface area contributed by atoms with Crippen molar-refractivity contribution in [2.45, 2.75) is 256 Å². The van der Waals surface area contributed by atoms with Crippen LogP contribution in [0.5, 0.6) is 0 Å². The van der Waals surface area contributed by atoms with Crippen LogP contribution in [0, 0.1) is 0 Å². The van der Waals surface area contributed by atoms with E-state index >= 15 is 0 Å². The van der Waals surface area contributed by atoms with Gasteiger partial charge in [0.2, 0.25) is 0 Å². The lowest BCUT2D eigenvalue weighted by Gasteiger charge is -2.40. The molecule has 0 aliphatic carbocycles. The number of unbranched alkanes of at least 4 members (excludes halogenated alkanes) is 27. The van der Waals surface area contributed by atoms with Crippen molar-refractivity contribution in [1.29, 1.82) is 0 Å². The Morgan fingerprint density at radius 3 is 1.38 bits per heavy atom. The molecule has 354 valence electrons. The van der Waals surface area contributed by atoms with Crippen molar-refractivity contribution < 1.29 is 56.8 Å². The Balaban J connectivity index is 2.39. The first-order valence-corrected chi connectivity index (χ1v) is 25.9. The van der Waals surface area contributed by atoms with Gasteiger partial charge in [0, 0.05) is 12.8 Å². The van der Waals surface area contributed by atoms with Gasteiger partial charge in [-0.2, -0.15) is 8.42 Å². The second-order valence-electron chi connectivity index (χ2n) is 17.1. The van der Waals surface area contributed by atoms with E-state index in [2.05, 4.69) is 26.0 Å². The molecule has 4 N–H and O–H groups in total. The number of ether oxygens (including phenoxy) is 4. The number of allylic oxidation sites excluding steroid dienone is 2. The molecular weight excluding hydrogens is 789 g/mol. The molecule has 1 aliphatic heterocycles. The molecule has 0 saturated carbocycles. The predicted molar refractivity (Wildman–Crippen MR) is 238 cm³/mol. The molecule has 0 spiro atoms. The molecule has 1 heterocycles. The van der Waals surface area contributed by atoms with Gasteiger partial charge in [0.15, 0.2) is 12.4 Å². The molecule has 1 fully saturated rings. The minimum atomic E-state index is -4.60. The number of carbonyl (C=O) groups excluding carboxylic acids is 2. The van der Waals surface area contributed by atoms with Crippen LogP contribution >= 0.6 is 0 Å². The molecule has 0 radical (unpaired) electrons. The average Bonchev–Trinajstić information content (AvgIpc) is 3.21. The van der Waals surface area contributed by atoms with Gasteiger partial charge in [0.25, 0.3) is 10.1 Å². The first-order valence-electron chi connectivity index (χ1n) is 24.2. The molecule has 12 nitrogen and oxygen atoms in total. The quantitative estimate of drug-likeness (QED) is 0.0197. The summed E-state index contributed by atoms with van der Waals surface area (Å²) in [6.07, 6.45) is 31.1. The van der Waals surface area contributed by atoms with Crippen molar-refractivity contribution in [2.75, 3.05) is 19.0 Å². The molecule has 0 aromatic carbocycles. The van der Waals surface area contributed by atoms with Crippen molar-refractivity contribution in [2.24, 2.45) is 0 Å². The number of aliphatic hydroxyl groups excluding tert-OH is 3. The smallest absolute Gasteiger partial charge is 0.306 e. The van der Waals surface area contributed by atoms with Crippen LogP contribution in [0.15, 0.2) is 12.2 Å². The van der Waals surface area contributed by atoms with Crippen LogP contribution in [0.3, 0.4) is 0 Å². The number of hydrogen-bond acceptors (Lipinski definition) is 11. The van der Waals surface area contributed by atoms with E-state index in [1.807, 2.05) is 0 Å². The normalized spacial score (nSPS) is 20.1. The van der Waals surface area contributed by atoms with E-state index in [1.54, 1.807) is 0 Å². The lowest BCUT2D eigenvalue weighted by molar-refractivity contribution is -0.297. The molecule has 1 rings (SSSR count). The molecule has 6 atom stereocenters. The summed E-state index contributed by atoms with van der Waals surface area (Å²) in [5.41, 5.74) is 0. The van der Waals surface area contributed by atoms with Crippen molar-refractivity contribution in [3.05, 3.63) is 12.2 Å². The maximum absolute atomic E-state index is 12.8. The van der Waals surface area contributed by atoms with Crippen LogP contribution in [0.1, 0.15) is 219 Å². The Labute approximate surface area is 365 Å². The van der Waals surface area contributed by atoms with E-state index in [1.165, 1.54) is 141 Å². The van der Waals surface area contributed by atoms with Crippen LogP contribution < -0.4 is 0 Å². The fraction of sp³-hybridized carbons (Fsp3) is 0.915. The second-order valence-corrected chi connectivity index (χ2v) is 18.6. The Morgan fingerprint density at radius 1 is 0.550 bits per heavy atom. The zero-order valence-corrected chi connectivity index (χ0v) is 38.6. The number of hydrogen-bond donors (Lipinski definition) is 4. The number of carbonyl (C=O) groups is 2. The van der Waals surface area contributed by atoms with Gasteiger partial charge < -0.3 is 34.3 Å². The SMILES string of the molecule is CCCCCCCC/C=C/CCCCCCCCCCCC(=O)O[C@H](COC(=O)CCCCCCCCCCCCCCC)CO[C@H]1O[C@H](CS(=O)(=O)O)[C@@H](O)C(O)C1O. The summed E-state index contributed by atoms with van der Waals surface area (Å²) in [7, 11) is -4.60. The molecule has 13 heteroatoms. The maximum atomic E-state index is 12.8. The molecule has 1 saturated heterocycles. The van der Waals surface area contributed by atoms with Crippen LogP contribution in [0.2, 0.25) is 0 Å². The summed E-state index contributed by atoms with van der Waals surface area (Å²) in [5, 5.41) is 30.9. The third kappa shape index (κ3) is 32.1. The fourth-order valence-corrected chi connectivity index (χ4v) is 8.25. The Hall–Kier alpha value is -1.61. The van der Waals surface area contributed by atoms with Crippen LogP contribution in [-0.4, -0.2) is 96.0 Å². The summed E-state index contributed by atoms with van der Waals surface area (Å²) in [4.78, 5) is 25.4. The van der Waals surface area contributed by atoms with Gasteiger partial charge in [0.05, 0.1) is 6.61 Å². The monoisotopic (exact) mass is 877 g/mol. The predicted octanol–water partition coefficient (Wildman–Crippen LogP) is 10.2. The van der Waals surface area contributed by atoms with Gasteiger partial charge in [-0.15, -0.1) is 0 Å². The number of rotatable bonds is 41. The molecule has 0 aromatic rings. The maximum Gasteiger partial charge on any atom is 0.306 e. The van der Waals surface area contributed by atoms with Gasteiger partial charge in [-0.3, -0.25) is 14.1 Å². The van der Waals surface area contributed by atoms with E-state index in [9.17, 15) is 37.9 Å². The molecule has 0 aromatic heterocycles. The highest BCUT2D eigenvalue weighted by Gasteiger charge is 2.46. The highest BCUT2D eigenvalue weighted by atomic mass is 32.2. The van der Waals surface area contributed by atoms with Crippen molar-refractivity contribution in [1.82, 2.24) is 0 Å². The summed E-state index contributed by atoms with van der Waals surface area (Å²) in [5.74, 6) is -1.97. The van der Waals surface area contributed by atoms with Crippen LogP contribution in [0.4, 0.5) is 0 Å². The Kier molecular flexibility index (Phi) is 35.6. The second kappa shape index (κ2) is 37.9. The highest BCUT2D eigenvalue weighted by Crippen LogP contribution is 2.24. The molecule has 0 amide bonds. The average molecular weight is 877 g/mol. The first-order chi connectivity index (χ1) is 29.0. The van der Waals surface area contributed by atoms with Gasteiger partial charge in [0.1, 0.15) is 36.8 Å². The minimum absolute atomic E-state index is 0.166. The largest absolute Gasteiger partial charge is 0.462 e. The van der Waals surface area contributed by atoms with E-state index < -0.39 is 71.2 Å². The van der Waals surface area contributed by atoms with Crippen molar-refractivity contribution in [3.63, 3.8) is 0 Å². The molecule has 0 bridgehead atoms. The zero-order chi connectivity index (χ0) is 44.1.